The largest absolute Gasteiger partial charge is 0.480 e. The van der Waals surface area contributed by atoms with Gasteiger partial charge in [0.15, 0.2) is 12.2 Å². The molecule has 2 atom stereocenters. The molecular formula is C39H47NO7. The van der Waals surface area contributed by atoms with Crippen LogP contribution in [0.5, 0.6) is 0 Å². The van der Waals surface area contributed by atoms with E-state index in [9.17, 15) is 19.5 Å². The second-order valence-electron chi connectivity index (χ2n) is 12.1. The van der Waals surface area contributed by atoms with Gasteiger partial charge in [-0.3, -0.25) is 4.79 Å². The summed E-state index contributed by atoms with van der Waals surface area (Å²) in [4.78, 5) is 36.0. The average Bonchev–Trinajstić information content (AvgIpc) is 3.07. The zero-order chi connectivity index (χ0) is 33.3. The second-order valence-corrected chi connectivity index (χ2v) is 12.1. The fraction of sp³-hybridized carbons (Fsp3) is 0.410. The van der Waals surface area contributed by atoms with Gasteiger partial charge >= 0.3 is 11.9 Å². The van der Waals surface area contributed by atoms with E-state index in [0.717, 1.165) is 64.2 Å². The van der Waals surface area contributed by atoms with Crippen molar-refractivity contribution in [3.63, 3.8) is 0 Å². The van der Waals surface area contributed by atoms with E-state index in [-0.39, 0.29) is 6.61 Å². The number of unbranched alkanes of at least 4 members (excludes halogenated alkanes) is 7. The number of hydrogen-bond acceptors (Lipinski definition) is 5. The molecule has 2 unspecified atom stereocenters. The summed E-state index contributed by atoms with van der Waals surface area (Å²) in [5.74, 6) is -3.36. The van der Waals surface area contributed by atoms with Crippen LogP contribution in [-0.2, 0) is 36.7 Å². The van der Waals surface area contributed by atoms with Crippen molar-refractivity contribution in [2.24, 2.45) is 0 Å². The lowest BCUT2D eigenvalue weighted by Gasteiger charge is -2.23. The van der Waals surface area contributed by atoms with Gasteiger partial charge in [-0.05, 0) is 71.2 Å². The molecule has 0 aromatic heterocycles. The van der Waals surface area contributed by atoms with Crippen LogP contribution in [0.4, 0.5) is 0 Å². The quantitative estimate of drug-likeness (QED) is 0.0768. The molecule has 4 aromatic carbocycles. The van der Waals surface area contributed by atoms with Gasteiger partial charge in [0.05, 0.1) is 0 Å². The second kappa shape index (κ2) is 19.4. The van der Waals surface area contributed by atoms with E-state index < -0.39 is 36.7 Å². The first-order chi connectivity index (χ1) is 22.9. The van der Waals surface area contributed by atoms with E-state index >= 15 is 0 Å². The van der Waals surface area contributed by atoms with Crippen molar-refractivity contribution in [3.05, 3.63) is 96.1 Å². The number of benzene rings is 4. The van der Waals surface area contributed by atoms with Crippen molar-refractivity contribution in [2.75, 3.05) is 19.8 Å². The van der Waals surface area contributed by atoms with Crippen LogP contribution >= 0.6 is 0 Å². The highest BCUT2D eigenvalue weighted by molar-refractivity contribution is 5.88. The maximum absolute atomic E-state index is 13.0. The van der Waals surface area contributed by atoms with Gasteiger partial charge < -0.3 is 25.0 Å². The summed E-state index contributed by atoms with van der Waals surface area (Å²) in [6.07, 6.45) is 7.18. The third-order valence-electron chi connectivity index (χ3n) is 8.39. The molecule has 0 heterocycles. The van der Waals surface area contributed by atoms with Crippen molar-refractivity contribution in [2.45, 2.75) is 82.8 Å². The van der Waals surface area contributed by atoms with Gasteiger partial charge in [0.1, 0.15) is 6.61 Å². The Hall–Kier alpha value is -4.27. The van der Waals surface area contributed by atoms with E-state index in [4.69, 9.17) is 14.6 Å². The van der Waals surface area contributed by atoms with Gasteiger partial charge in [0, 0.05) is 13.2 Å². The molecule has 4 aromatic rings. The summed E-state index contributed by atoms with van der Waals surface area (Å²) in [7, 11) is 0. The maximum Gasteiger partial charge on any atom is 0.336 e. The number of nitrogens with one attached hydrogen (secondary N) is 1. The number of carbonyl (C=O) groups is 3. The number of rotatable bonds is 22. The van der Waals surface area contributed by atoms with Gasteiger partial charge in [0.25, 0.3) is 5.91 Å². The number of hydrogen-bond donors (Lipinski definition) is 3. The van der Waals surface area contributed by atoms with Crippen LogP contribution in [0, 0.1) is 0 Å². The molecule has 0 spiro atoms. The number of ether oxygens (including phenoxy) is 2. The van der Waals surface area contributed by atoms with Gasteiger partial charge in [-0.2, -0.15) is 0 Å². The fourth-order valence-corrected chi connectivity index (χ4v) is 5.83. The predicted molar refractivity (Wildman–Crippen MR) is 185 cm³/mol. The van der Waals surface area contributed by atoms with E-state index in [1.54, 1.807) is 0 Å². The first-order valence-corrected chi connectivity index (χ1v) is 16.8. The molecule has 4 rings (SSSR count). The highest BCUT2D eigenvalue weighted by atomic mass is 16.6. The number of aliphatic carboxylic acids is 2. The van der Waals surface area contributed by atoms with Crippen molar-refractivity contribution >= 4 is 39.4 Å². The lowest BCUT2D eigenvalue weighted by Crippen LogP contribution is -2.49. The molecule has 8 nitrogen and oxygen atoms in total. The lowest BCUT2D eigenvalue weighted by atomic mass is 10.0. The Kier molecular flexibility index (Phi) is 14.7. The normalized spacial score (nSPS) is 12.6. The molecule has 0 bridgehead atoms. The van der Waals surface area contributed by atoms with Crippen molar-refractivity contribution in [1.29, 1.82) is 0 Å². The third-order valence-corrected chi connectivity index (χ3v) is 8.39. The Bertz CT molecular complexity index is 1590. The Morgan fingerprint density at radius 3 is 1.64 bits per heavy atom. The van der Waals surface area contributed by atoms with E-state index in [1.165, 1.54) is 32.7 Å². The minimum Gasteiger partial charge on any atom is -0.480 e. The summed E-state index contributed by atoms with van der Waals surface area (Å²) in [5, 5.41) is 26.4. The lowest BCUT2D eigenvalue weighted by molar-refractivity contribution is -0.172. The topological polar surface area (TPSA) is 122 Å². The average molecular weight is 642 g/mol. The molecule has 0 aliphatic carbocycles. The molecule has 0 aliphatic rings. The SMILES string of the molecule is O=C(O)COC(C(=O)O)C(OCCCCCCCc1ccc2ccccc2c1)C(=O)NCCCCCCc1ccc2ccccc2c1. The molecule has 0 aliphatic heterocycles. The molecular weight excluding hydrogens is 594 g/mol. The first-order valence-electron chi connectivity index (χ1n) is 16.8. The van der Waals surface area contributed by atoms with Crippen molar-refractivity contribution in [3.8, 4) is 0 Å². The zero-order valence-electron chi connectivity index (χ0n) is 27.1. The van der Waals surface area contributed by atoms with E-state index in [0.29, 0.717) is 13.0 Å². The summed E-state index contributed by atoms with van der Waals surface area (Å²) >= 11 is 0. The molecule has 1 amide bonds. The summed E-state index contributed by atoms with van der Waals surface area (Å²) in [5.41, 5.74) is 2.63. The van der Waals surface area contributed by atoms with Crippen LogP contribution in [0.1, 0.15) is 68.9 Å². The smallest absolute Gasteiger partial charge is 0.336 e. The van der Waals surface area contributed by atoms with Crippen molar-refractivity contribution in [1.82, 2.24) is 5.32 Å². The number of carboxylic acid groups (broad SMARTS) is 2. The maximum atomic E-state index is 13.0. The standard InChI is InChI=1S/C39H47NO7/c41-35(42)28-47-37(39(44)45)36(46-25-13-5-1-2-6-14-29-20-22-31-16-8-10-18-33(31)26-29)38(43)40-24-12-4-3-7-15-30-21-23-32-17-9-11-19-34(32)27-30/h8-11,16-23,26-27,36-37H,1-7,12-15,24-25,28H2,(H,40,43)(H,41,42)(H,44,45). The molecule has 0 saturated heterocycles. The monoisotopic (exact) mass is 641 g/mol. The summed E-state index contributed by atoms with van der Waals surface area (Å²) < 4.78 is 10.8. The van der Waals surface area contributed by atoms with Crippen LogP contribution in [0.25, 0.3) is 21.5 Å². The Labute approximate surface area is 277 Å². The minimum atomic E-state index is -1.71. The number of carbonyl (C=O) groups excluding carboxylic acids is 1. The minimum absolute atomic E-state index is 0.178. The molecule has 47 heavy (non-hydrogen) atoms. The Balaban J connectivity index is 1.14. The zero-order valence-corrected chi connectivity index (χ0v) is 27.1. The van der Waals surface area contributed by atoms with Crippen LogP contribution in [0.3, 0.4) is 0 Å². The van der Waals surface area contributed by atoms with Crippen LogP contribution in [-0.4, -0.2) is 60.0 Å². The summed E-state index contributed by atoms with van der Waals surface area (Å²) in [6.45, 7) is -0.284. The van der Waals surface area contributed by atoms with E-state index in [2.05, 4.69) is 72.0 Å². The third kappa shape index (κ3) is 12.1. The Morgan fingerprint density at radius 1 is 0.574 bits per heavy atom. The van der Waals surface area contributed by atoms with Gasteiger partial charge in [0.2, 0.25) is 0 Å². The van der Waals surface area contributed by atoms with Crippen molar-refractivity contribution < 1.29 is 34.1 Å². The van der Waals surface area contributed by atoms with Crippen LogP contribution in [0.15, 0.2) is 84.9 Å². The highest BCUT2D eigenvalue weighted by Gasteiger charge is 2.36. The molecule has 0 saturated carbocycles. The summed E-state index contributed by atoms with van der Waals surface area (Å²) in [6, 6.07) is 29.8. The number of amides is 1. The van der Waals surface area contributed by atoms with Crippen LogP contribution in [0.2, 0.25) is 0 Å². The van der Waals surface area contributed by atoms with Gasteiger partial charge in [-0.25, -0.2) is 9.59 Å². The Morgan fingerprint density at radius 2 is 1.09 bits per heavy atom. The first kappa shape index (κ1) is 35.6. The molecule has 0 fully saturated rings. The van der Waals surface area contributed by atoms with Crippen LogP contribution < -0.4 is 5.32 Å². The fourth-order valence-electron chi connectivity index (χ4n) is 5.83. The number of carboxylic acids is 2. The number of aryl methyl sites for hydroxylation is 2. The predicted octanol–water partition coefficient (Wildman–Crippen LogP) is 7.34. The molecule has 3 N–H and O–H groups in total. The number of fused-ring (bicyclic) bond motifs is 2. The molecule has 8 heteroatoms. The highest BCUT2D eigenvalue weighted by Crippen LogP contribution is 2.19. The van der Waals surface area contributed by atoms with Gasteiger partial charge in [-0.1, -0.05) is 117 Å². The van der Waals surface area contributed by atoms with Gasteiger partial charge in [-0.15, -0.1) is 0 Å². The molecule has 0 radical (unpaired) electrons. The van der Waals surface area contributed by atoms with E-state index in [1.807, 2.05) is 18.2 Å². The molecule has 250 valence electrons.